The van der Waals surface area contributed by atoms with Crippen molar-refractivity contribution in [2.45, 2.75) is 19.3 Å². The number of nitrogens with two attached hydrogens (primary N) is 1. The predicted octanol–water partition coefficient (Wildman–Crippen LogP) is 4.38. The lowest BCUT2D eigenvalue weighted by Gasteiger charge is -2.34. The van der Waals surface area contributed by atoms with E-state index in [1.807, 2.05) is 18.2 Å². The van der Waals surface area contributed by atoms with Crippen LogP contribution in [-0.4, -0.2) is 13.1 Å². The van der Waals surface area contributed by atoms with Crippen molar-refractivity contribution in [2.75, 3.05) is 23.7 Å². The van der Waals surface area contributed by atoms with Crippen molar-refractivity contribution in [1.82, 2.24) is 0 Å². The van der Waals surface area contributed by atoms with Crippen LogP contribution >= 0.6 is 11.6 Å². The van der Waals surface area contributed by atoms with Gasteiger partial charge in [0.1, 0.15) is 0 Å². The molecule has 0 radical (unpaired) electrons. The molecule has 1 heterocycles. The van der Waals surface area contributed by atoms with Crippen LogP contribution in [-0.2, 0) is 6.42 Å². The van der Waals surface area contributed by atoms with E-state index in [0.717, 1.165) is 35.4 Å². The number of piperidine rings is 1. The van der Waals surface area contributed by atoms with E-state index in [9.17, 15) is 0 Å². The number of nitrogen functional groups attached to an aromatic ring is 1. The number of hydrogen-bond donors (Lipinski definition) is 1. The molecule has 3 rings (SSSR count). The summed E-state index contributed by atoms with van der Waals surface area (Å²) in [7, 11) is 0. The van der Waals surface area contributed by atoms with Crippen LogP contribution in [0.1, 0.15) is 18.4 Å². The first-order chi connectivity index (χ1) is 10.2. The lowest BCUT2D eigenvalue weighted by molar-refractivity contribution is 0.404. The molecule has 2 N–H and O–H groups in total. The summed E-state index contributed by atoms with van der Waals surface area (Å²) in [5.41, 5.74) is 9.43. The second-order valence-electron chi connectivity index (χ2n) is 5.82. The first kappa shape index (κ1) is 14.3. The van der Waals surface area contributed by atoms with Gasteiger partial charge in [-0.25, -0.2) is 0 Å². The third-order valence-electron chi connectivity index (χ3n) is 4.31. The molecule has 0 saturated carbocycles. The summed E-state index contributed by atoms with van der Waals surface area (Å²) in [5, 5.41) is 0.755. The van der Waals surface area contributed by atoms with E-state index in [2.05, 4.69) is 35.2 Å². The molecule has 110 valence electrons. The summed E-state index contributed by atoms with van der Waals surface area (Å²) in [6.07, 6.45) is 3.60. The van der Waals surface area contributed by atoms with E-state index >= 15 is 0 Å². The second kappa shape index (κ2) is 6.40. The van der Waals surface area contributed by atoms with E-state index in [1.165, 1.54) is 24.8 Å². The third kappa shape index (κ3) is 3.51. The van der Waals surface area contributed by atoms with Crippen molar-refractivity contribution in [3.8, 4) is 0 Å². The number of hydrogen-bond acceptors (Lipinski definition) is 2. The van der Waals surface area contributed by atoms with Crippen molar-refractivity contribution in [2.24, 2.45) is 5.92 Å². The Bertz CT molecular complexity index is 589. The van der Waals surface area contributed by atoms with Gasteiger partial charge in [-0.05, 0) is 48.9 Å². The lowest BCUT2D eigenvalue weighted by Crippen LogP contribution is -2.34. The summed E-state index contributed by atoms with van der Waals surface area (Å²) in [5.74, 6) is 0.768. The summed E-state index contributed by atoms with van der Waals surface area (Å²) in [6.45, 7) is 2.12. The van der Waals surface area contributed by atoms with Crippen LogP contribution in [0.2, 0.25) is 5.02 Å². The fourth-order valence-electron chi connectivity index (χ4n) is 3.12. The highest BCUT2D eigenvalue weighted by atomic mass is 35.5. The van der Waals surface area contributed by atoms with E-state index in [1.54, 1.807) is 0 Å². The standard InChI is InChI=1S/C18H21ClN2/c19-16-6-7-17(20)18(13-16)21-10-8-15(9-11-21)12-14-4-2-1-3-5-14/h1-7,13,15H,8-12,20H2. The monoisotopic (exact) mass is 300 g/mol. The zero-order valence-corrected chi connectivity index (χ0v) is 12.9. The molecule has 1 fully saturated rings. The Morgan fingerprint density at radius 2 is 1.76 bits per heavy atom. The minimum atomic E-state index is 0.755. The van der Waals surface area contributed by atoms with Crippen molar-refractivity contribution in [3.05, 3.63) is 59.1 Å². The average molecular weight is 301 g/mol. The summed E-state index contributed by atoms with van der Waals surface area (Å²) in [6, 6.07) is 16.5. The van der Waals surface area contributed by atoms with Crippen LogP contribution in [0.25, 0.3) is 0 Å². The lowest BCUT2D eigenvalue weighted by atomic mass is 9.90. The first-order valence-electron chi connectivity index (χ1n) is 7.56. The van der Waals surface area contributed by atoms with Crippen LogP contribution in [0, 0.1) is 5.92 Å². The van der Waals surface area contributed by atoms with E-state index < -0.39 is 0 Å². The van der Waals surface area contributed by atoms with Gasteiger partial charge in [-0.2, -0.15) is 0 Å². The van der Waals surface area contributed by atoms with Crippen molar-refractivity contribution in [1.29, 1.82) is 0 Å². The number of anilines is 2. The smallest absolute Gasteiger partial charge is 0.0614 e. The number of rotatable bonds is 3. The molecule has 0 atom stereocenters. The van der Waals surface area contributed by atoms with Gasteiger partial charge in [0.05, 0.1) is 11.4 Å². The van der Waals surface area contributed by atoms with E-state index in [0.29, 0.717) is 0 Å². The molecular formula is C18H21ClN2. The first-order valence-corrected chi connectivity index (χ1v) is 7.94. The van der Waals surface area contributed by atoms with Crippen LogP contribution in [0.5, 0.6) is 0 Å². The molecule has 1 aliphatic heterocycles. The molecule has 1 saturated heterocycles. The number of benzene rings is 2. The minimum Gasteiger partial charge on any atom is -0.397 e. The van der Waals surface area contributed by atoms with Crippen LogP contribution in [0.3, 0.4) is 0 Å². The molecule has 0 aromatic heterocycles. The summed E-state index contributed by atoms with van der Waals surface area (Å²) < 4.78 is 0. The van der Waals surface area contributed by atoms with Crippen molar-refractivity contribution in [3.63, 3.8) is 0 Å². The maximum absolute atomic E-state index is 6.09. The highest BCUT2D eigenvalue weighted by Gasteiger charge is 2.21. The third-order valence-corrected chi connectivity index (χ3v) is 4.55. The molecule has 0 unspecified atom stereocenters. The fraction of sp³-hybridized carbons (Fsp3) is 0.333. The molecule has 0 amide bonds. The molecular weight excluding hydrogens is 280 g/mol. The van der Waals surface area contributed by atoms with Gasteiger partial charge in [0.15, 0.2) is 0 Å². The topological polar surface area (TPSA) is 29.3 Å². The molecule has 3 heteroatoms. The van der Waals surface area contributed by atoms with Gasteiger partial charge < -0.3 is 10.6 Å². The fourth-order valence-corrected chi connectivity index (χ4v) is 3.28. The van der Waals surface area contributed by atoms with E-state index in [-0.39, 0.29) is 0 Å². The molecule has 1 aliphatic rings. The molecule has 2 aromatic carbocycles. The Hall–Kier alpha value is -1.67. The Balaban J connectivity index is 1.61. The predicted molar refractivity (Wildman–Crippen MR) is 90.9 cm³/mol. The van der Waals surface area contributed by atoms with Crippen LogP contribution < -0.4 is 10.6 Å². The zero-order chi connectivity index (χ0) is 14.7. The molecule has 0 spiro atoms. The van der Waals surface area contributed by atoms with Crippen molar-refractivity contribution >= 4 is 23.0 Å². The Morgan fingerprint density at radius 3 is 2.48 bits per heavy atom. The Morgan fingerprint density at radius 1 is 1.05 bits per heavy atom. The van der Waals surface area contributed by atoms with Gasteiger partial charge in [0.25, 0.3) is 0 Å². The number of nitrogens with zero attached hydrogens (tertiary/aromatic N) is 1. The van der Waals surface area contributed by atoms with Gasteiger partial charge >= 0.3 is 0 Å². The number of halogens is 1. The maximum Gasteiger partial charge on any atom is 0.0614 e. The normalized spacial score (nSPS) is 16.1. The maximum atomic E-state index is 6.09. The Labute approximate surface area is 131 Å². The van der Waals surface area contributed by atoms with Crippen LogP contribution in [0.4, 0.5) is 11.4 Å². The zero-order valence-electron chi connectivity index (χ0n) is 12.1. The molecule has 2 nitrogen and oxygen atoms in total. The Kier molecular flexibility index (Phi) is 4.35. The van der Waals surface area contributed by atoms with Gasteiger partial charge in [-0.15, -0.1) is 0 Å². The summed E-state index contributed by atoms with van der Waals surface area (Å²) >= 11 is 6.09. The van der Waals surface area contributed by atoms with Crippen molar-refractivity contribution < 1.29 is 0 Å². The molecule has 21 heavy (non-hydrogen) atoms. The minimum absolute atomic E-state index is 0.755. The van der Waals surface area contributed by atoms with Crippen LogP contribution in [0.15, 0.2) is 48.5 Å². The average Bonchev–Trinajstić information content (AvgIpc) is 2.52. The van der Waals surface area contributed by atoms with Gasteiger partial charge in [-0.1, -0.05) is 41.9 Å². The second-order valence-corrected chi connectivity index (χ2v) is 6.26. The molecule has 0 bridgehead atoms. The summed E-state index contributed by atoms with van der Waals surface area (Å²) in [4.78, 5) is 2.36. The van der Waals surface area contributed by atoms with Gasteiger partial charge in [0, 0.05) is 18.1 Å². The quantitative estimate of drug-likeness (QED) is 0.852. The highest BCUT2D eigenvalue weighted by molar-refractivity contribution is 6.31. The highest BCUT2D eigenvalue weighted by Crippen LogP contribution is 2.31. The molecule has 2 aromatic rings. The largest absolute Gasteiger partial charge is 0.397 e. The molecule has 0 aliphatic carbocycles. The van der Waals surface area contributed by atoms with Gasteiger partial charge in [-0.3, -0.25) is 0 Å². The SMILES string of the molecule is Nc1ccc(Cl)cc1N1CCC(Cc2ccccc2)CC1. The van der Waals surface area contributed by atoms with E-state index in [4.69, 9.17) is 17.3 Å². The van der Waals surface area contributed by atoms with Gasteiger partial charge in [0.2, 0.25) is 0 Å².